The maximum atomic E-state index is 13.9. The number of amides is 2. The van der Waals surface area contributed by atoms with Crippen molar-refractivity contribution < 1.29 is 18.7 Å². The minimum Gasteiger partial charge on any atom is -0.495 e. The summed E-state index contributed by atoms with van der Waals surface area (Å²) in [7, 11) is 1.53. The molecule has 1 aromatic heterocycles. The van der Waals surface area contributed by atoms with Gasteiger partial charge in [0.1, 0.15) is 11.6 Å². The summed E-state index contributed by atoms with van der Waals surface area (Å²) < 4.78 is 20.9. The summed E-state index contributed by atoms with van der Waals surface area (Å²) in [5, 5.41) is 14.4. The Hall–Kier alpha value is -3.66. The van der Waals surface area contributed by atoms with Crippen LogP contribution in [0.5, 0.6) is 5.75 Å². The first kappa shape index (κ1) is 24.0. The van der Waals surface area contributed by atoms with Crippen molar-refractivity contribution in [1.29, 1.82) is 0 Å². The molecule has 0 unspecified atom stereocenters. The number of hydrogen-bond acceptors (Lipinski definition) is 6. The van der Waals surface area contributed by atoms with E-state index in [1.807, 2.05) is 6.07 Å². The number of thioether (sulfide) groups is 1. The SMILES string of the molecule is C=CCn1c(SCC(=O)Nc2ccccc2OC)nnc1[C@H](C)NC(=O)c1ccccc1F. The fourth-order valence-corrected chi connectivity index (χ4v) is 3.83. The Balaban J connectivity index is 1.68. The lowest BCUT2D eigenvalue weighted by atomic mass is 10.2. The Bertz CT molecular complexity index is 1150. The zero-order valence-corrected chi connectivity index (χ0v) is 19.1. The normalized spacial score (nSPS) is 11.5. The smallest absolute Gasteiger partial charge is 0.254 e. The van der Waals surface area contributed by atoms with Crippen LogP contribution in [0.4, 0.5) is 10.1 Å². The maximum absolute atomic E-state index is 13.9. The molecular formula is C23H24FN5O3S. The molecule has 0 saturated heterocycles. The highest BCUT2D eigenvalue weighted by Crippen LogP contribution is 2.25. The Kier molecular flexibility index (Phi) is 8.20. The molecule has 33 heavy (non-hydrogen) atoms. The predicted octanol–water partition coefficient (Wildman–Crippen LogP) is 3.83. The lowest BCUT2D eigenvalue weighted by Gasteiger charge is -2.15. The first-order valence-corrected chi connectivity index (χ1v) is 11.1. The van der Waals surface area contributed by atoms with E-state index >= 15 is 0 Å². The van der Waals surface area contributed by atoms with Gasteiger partial charge in [-0.2, -0.15) is 0 Å². The first-order valence-electron chi connectivity index (χ1n) is 10.1. The molecule has 0 radical (unpaired) electrons. The second kappa shape index (κ2) is 11.3. The second-order valence-corrected chi connectivity index (χ2v) is 7.89. The number of carbonyl (C=O) groups is 2. The molecule has 0 spiro atoms. The van der Waals surface area contributed by atoms with Gasteiger partial charge in [-0.25, -0.2) is 4.39 Å². The van der Waals surface area contributed by atoms with Crippen LogP contribution < -0.4 is 15.4 Å². The largest absolute Gasteiger partial charge is 0.495 e. The highest BCUT2D eigenvalue weighted by molar-refractivity contribution is 7.99. The van der Waals surface area contributed by atoms with Gasteiger partial charge in [-0.05, 0) is 31.2 Å². The average Bonchev–Trinajstić information content (AvgIpc) is 3.21. The fourth-order valence-electron chi connectivity index (χ4n) is 3.08. The van der Waals surface area contributed by atoms with Gasteiger partial charge in [-0.15, -0.1) is 16.8 Å². The third-order valence-corrected chi connectivity index (χ3v) is 5.59. The van der Waals surface area contributed by atoms with E-state index < -0.39 is 17.8 Å². The summed E-state index contributed by atoms with van der Waals surface area (Å²) in [5.74, 6) is -0.283. The van der Waals surface area contributed by atoms with Crippen molar-refractivity contribution in [3.63, 3.8) is 0 Å². The van der Waals surface area contributed by atoms with Gasteiger partial charge in [0.2, 0.25) is 5.91 Å². The Labute approximate surface area is 195 Å². The zero-order chi connectivity index (χ0) is 23.8. The Morgan fingerprint density at radius 3 is 2.67 bits per heavy atom. The molecule has 1 heterocycles. The molecule has 2 aromatic carbocycles. The third-order valence-electron chi connectivity index (χ3n) is 4.62. The molecule has 3 rings (SSSR count). The molecule has 8 nitrogen and oxygen atoms in total. The minimum atomic E-state index is -0.605. The van der Waals surface area contributed by atoms with Crippen LogP contribution in [0.3, 0.4) is 0 Å². The number of anilines is 1. The number of ether oxygens (including phenoxy) is 1. The molecule has 1 atom stereocenters. The van der Waals surface area contributed by atoms with Crippen LogP contribution in [0.15, 0.2) is 66.3 Å². The van der Waals surface area contributed by atoms with Gasteiger partial charge in [-0.3, -0.25) is 9.59 Å². The summed E-state index contributed by atoms with van der Waals surface area (Å²) in [4.78, 5) is 24.9. The van der Waals surface area contributed by atoms with Crippen LogP contribution in [0.2, 0.25) is 0 Å². The van der Waals surface area contributed by atoms with Gasteiger partial charge in [0.25, 0.3) is 5.91 Å². The molecule has 3 aromatic rings. The van der Waals surface area contributed by atoms with Gasteiger partial charge in [0.05, 0.1) is 30.2 Å². The van der Waals surface area contributed by atoms with Gasteiger partial charge < -0.3 is 19.9 Å². The van der Waals surface area contributed by atoms with E-state index in [1.54, 1.807) is 41.8 Å². The Morgan fingerprint density at radius 1 is 1.21 bits per heavy atom. The highest BCUT2D eigenvalue weighted by atomic mass is 32.2. The third kappa shape index (κ3) is 5.98. The van der Waals surface area contributed by atoms with E-state index in [2.05, 4.69) is 27.4 Å². The quantitative estimate of drug-likeness (QED) is 0.346. The lowest BCUT2D eigenvalue weighted by molar-refractivity contribution is -0.113. The molecule has 2 N–H and O–H groups in total. The number of benzene rings is 2. The van der Waals surface area contributed by atoms with Crippen molar-refractivity contribution in [2.45, 2.75) is 24.7 Å². The van der Waals surface area contributed by atoms with Crippen LogP contribution in [-0.2, 0) is 11.3 Å². The molecule has 2 amide bonds. The fraction of sp³-hybridized carbons (Fsp3) is 0.217. The molecule has 10 heteroatoms. The average molecular weight is 470 g/mol. The second-order valence-electron chi connectivity index (χ2n) is 6.95. The zero-order valence-electron chi connectivity index (χ0n) is 18.2. The number of halogens is 1. The molecular weight excluding hydrogens is 445 g/mol. The number of nitrogens with zero attached hydrogens (tertiary/aromatic N) is 3. The topological polar surface area (TPSA) is 98.1 Å². The van der Waals surface area contributed by atoms with Crippen molar-refractivity contribution in [1.82, 2.24) is 20.1 Å². The summed E-state index contributed by atoms with van der Waals surface area (Å²) >= 11 is 1.20. The van der Waals surface area contributed by atoms with Crippen LogP contribution in [0, 0.1) is 5.82 Å². The molecule has 0 aliphatic rings. The molecule has 0 aliphatic heterocycles. The Morgan fingerprint density at radius 2 is 1.94 bits per heavy atom. The van der Waals surface area contributed by atoms with Gasteiger partial charge in [0.15, 0.2) is 11.0 Å². The van der Waals surface area contributed by atoms with Crippen molar-refractivity contribution in [3.8, 4) is 5.75 Å². The molecule has 0 aliphatic carbocycles. The van der Waals surface area contributed by atoms with Crippen molar-refractivity contribution in [2.24, 2.45) is 0 Å². The van der Waals surface area contributed by atoms with Crippen LogP contribution in [-0.4, -0.2) is 39.4 Å². The molecule has 0 saturated carbocycles. The van der Waals surface area contributed by atoms with Crippen molar-refractivity contribution in [3.05, 3.63) is 78.4 Å². The van der Waals surface area contributed by atoms with Crippen LogP contribution in [0.1, 0.15) is 29.1 Å². The minimum absolute atomic E-state index is 0.0539. The number of aromatic nitrogens is 3. The van der Waals surface area contributed by atoms with E-state index in [0.29, 0.717) is 29.0 Å². The molecule has 172 valence electrons. The first-order chi connectivity index (χ1) is 15.9. The number of methoxy groups -OCH3 is 1. The maximum Gasteiger partial charge on any atom is 0.254 e. The lowest BCUT2D eigenvalue weighted by Crippen LogP contribution is -2.29. The van der Waals surface area contributed by atoms with E-state index in [9.17, 15) is 14.0 Å². The molecule has 0 fully saturated rings. The van der Waals surface area contributed by atoms with Crippen molar-refractivity contribution in [2.75, 3.05) is 18.2 Å². The van der Waals surface area contributed by atoms with E-state index in [1.165, 1.54) is 37.1 Å². The number of hydrogen-bond donors (Lipinski definition) is 2. The van der Waals surface area contributed by atoms with Crippen LogP contribution >= 0.6 is 11.8 Å². The van der Waals surface area contributed by atoms with Gasteiger partial charge in [-0.1, -0.05) is 42.1 Å². The number of para-hydroxylation sites is 2. The number of allylic oxidation sites excluding steroid dienone is 1. The summed E-state index contributed by atoms with van der Waals surface area (Å²) in [6.45, 7) is 5.85. The molecule has 0 bridgehead atoms. The highest BCUT2D eigenvalue weighted by Gasteiger charge is 2.21. The van der Waals surface area contributed by atoms with E-state index in [4.69, 9.17) is 4.74 Å². The van der Waals surface area contributed by atoms with E-state index in [-0.39, 0.29) is 17.2 Å². The van der Waals surface area contributed by atoms with E-state index in [0.717, 1.165) is 0 Å². The van der Waals surface area contributed by atoms with Gasteiger partial charge >= 0.3 is 0 Å². The standard InChI is InChI=1S/C23H24FN5O3S/c1-4-13-29-21(15(2)25-22(31)16-9-5-6-10-17(16)24)27-28-23(29)33-14-20(30)26-18-11-7-8-12-19(18)32-3/h4-12,15H,1,13-14H2,2-3H3,(H,25,31)(H,26,30)/t15-/m0/s1. The van der Waals surface area contributed by atoms with Crippen LogP contribution in [0.25, 0.3) is 0 Å². The summed E-state index contributed by atoms with van der Waals surface area (Å²) in [6.07, 6.45) is 1.66. The van der Waals surface area contributed by atoms with Crippen molar-refractivity contribution >= 4 is 29.3 Å². The monoisotopic (exact) mass is 469 g/mol. The van der Waals surface area contributed by atoms with Gasteiger partial charge in [0, 0.05) is 6.54 Å². The number of carbonyl (C=O) groups excluding carboxylic acids is 2. The summed E-state index contributed by atoms with van der Waals surface area (Å²) in [5.41, 5.74) is 0.519. The number of rotatable bonds is 10. The predicted molar refractivity (Wildman–Crippen MR) is 125 cm³/mol. The number of nitrogens with one attached hydrogen (secondary N) is 2. The summed E-state index contributed by atoms with van der Waals surface area (Å²) in [6, 6.07) is 12.3.